The zero-order valence-corrected chi connectivity index (χ0v) is 19.7. The van der Waals surface area contributed by atoms with Crippen molar-refractivity contribution in [2.24, 2.45) is 5.73 Å². The van der Waals surface area contributed by atoms with Gasteiger partial charge in [-0.1, -0.05) is 17.8 Å². The first kappa shape index (κ1) is 24.2. The highest BCUT2D eigenvalue weighted by Gasteiger charge is 2.34. The number of benzene rings is 1. The van der Waals surface area contributed by atoms with Crippen LogP contribution in [-0.2, 0) is 21.7 Å². The predicted molar refractivity (Wildman–Crippen MR) is 125 cm³/mol. The molecule has 1 aromatic heterocycles. The SMILES string of the molecule is CC(C)(O)c1cc(F)c(C2CC(C(N)=O)=C(Nc3cccc(CN4CCCC4=O)n3)S2)c(F)c1. The van der Waals surface area contributed by atoms with Gasteiger partial charge < -0.3 is 21.1 Å². The van der Waals surface area contributed by atoms with Crippen molar-refractivity contribution < 1.29 is 23.5 Å². The van der Waals surface area contributed by atoms with Crippen LogP contribution in [0.2, 0.25) is 0 Å². The van der Waals surface area contributed by atoms with Gasteiger partial charge in [-0.3, -0.25) is 9.59 Å². The largest absolute Gasteiger partial charge is 0.386 e. The van der Waals surface area contributed by atoms with Gasteiger partial charge in [-0.25, -0.2) is 13.8 Å². The number of primary amides is 1. The fourth-order valence-electron chi connectivity index (χ4n) is 4.08. The summed E-state index contributed by atoms with van der Waals surface area (Å²) in [5, 5.41) is 12.8. The van der Waals surface area contributed by atoms with Crippen molar-refractivity contribution in [3.8, 4) is 0 Å². The van der Waals surface area contributed by atoms with Gasteiger partial charge in [-0.2, -0.15) is 0 Å². The molecule has 4 rings (SSSR count). The Kier molecular flexibility index (Phi) is 6.64. The van der Waals surface area contributed by atoms with Gasteiger partial charge in [0.15, 0.2) is 0 Å². The van der Waals surface area contributed by atoms with E-state index in [1.807, 2.05) is 0 Å². The van der Waals surface area contributed by atoms with Crippen molar-refractivity contribution in [1.29, 1.82) is 0 Å². The first-order chi connectivity index (χ1) is 16.0. The standard InChI is InChI=1S/C24H26F2N4O3S/c1-24(2,33)13-9-16(25)21(17(26)10-13)18-11-15(22(27)32)23(34-18)29-19-6-3-5-14(28-19)12-30-8-4-7-20(30)31/h3,5-6,9-10,18,33H,4,7-8,11-12H2,1-2H3,(H2,27,32)(H,28,29). The minimum atomic E-state index is -1.40. The summed E-state index contributed by atoms with van der Waals surface area (Å²) in [5.74, 6) is -1.76. The highest BCUT2D eigenvalue weighted by atomic mass is 32.2. The number of pyridine rings is 1. The third-order valence-corrected chi connectivity index (χ3v) is 7.17. The number of amides is 2. The molecule has 3 heterocycles. The number of nitrogens with zero attached hydrogens (tertiary/aromatic N) is 2. The number of nitrogens with one attached hydrogen (secondary N) is 1. The maximum absolute atomic E-state index is 14.9. The Morgan fingerprint density at radius 1 is 1.32 bits per heavy atom. The topological polar surface area (TPSA) is 109 Å². The van der Waals surface area contributed by atoms with Crippen molar-refractivity contribution in [2.45, 2.75) is 50.5 Å². The molecule has 1 fully saturated rings. The number of anilines is 1. The number of carbonyl (C=O) groups excluding carboxylic acids is 2. The Bertz CT molecular complexity index is 1160. The number of hydrogen-bond donors (Lipinski definition) is 3. The monoisotopic (exact) mass is 488 g/mol. The van der Waals surface area contributed by atoms with Crippen LogP contribution in [0.4, 0.5) is 14.6 Å². The van der Waals surface area contributed by atoms with E-state index in [1.54, 1.807) is 23.1 Å². The molecule has 0 aliphatic carbocycles. The van der Waals surface area contributed by atoms with Crippen LogP contribution in [0, 0.1) is 11.6 Å². The molecule has 2 aliphatic rings. The van der Waals surface area contributed by atoms with Crippen LogP contribution in [-0.4, -0.2) is 33.3 Å². The van der Waals surface area contributed by atoms with Crippen molar-refractivity contribution in [3.05, 3.63) is 69.4 Å². The molecule has 180 valence electrons. The van der Waals surface area contributed by atoms with E-state index in [0.717, 1.165) is 30.3 Å². The summed E-state index contributed by atoms with van der Waals surface area (Å²) in [6.07, 6.45) is 1.41. The fourth-order valence-corrected chi connectivity index (χ4v) is 5.44. The highest BCUT2D eigenvalue weighted by molar-refractivity contribution is 8.03. The van der Waals surface area contributed by atoms with Crippen LogP contribution in [0.25, 0.3) is 0 Å². The van der Waals surface area contributed by atoms with Crippen LogP contribution < -0.4 is 11.1 Å². The molecule has 0 spiro atoms. The van der Waals surface area contributed by atoms with Crippen LogP contribution in [0.1, 0.15) is 55.2 Å². The molecule has 0 saturated carbocycles. The molecule has 2 aromatic rings. The molecule has 34 heavy (non-hydrogen) atoms. The second kappa shape index (κ2) is 9.34. The minimum Gasteiger partial charge on any atom is -0.386 e. The van der Waals surface area contributed by atoms with Crippen LogP contribution in [0.3, 0.4) is 0 Å². The van der Waals surface area contributed by atoms with Gasteiger partial charge in [0.25, 0.3) is 0 Å². The summed E-state index contributed by atoms with van der Waals surface area (Å²) < 4.78 is 29.8. The number of nitrogens with two attached hydrogens (primary N) is 1. The smallest absolute Gasteiger partial charge is 0.247 e. The van der Waals surface area contributed by atoms with Gasteiger partial charge >= 0.3 is 0 Å². The predicted octanol–water partition coefficient (Wildman–Crippen LogP) is 3.70. The molecule has 7 nitrogen and oxygen atoms in total. The highest BCUT2D eigenvalue weighted by Crippen LogP contribution is 2.49. The Morgan fingerprint density at radius 2 is 2.03 bits per heavy atom. The van der Waals surface area contributed by atoms with Gasteiger partial charge in [0.05, 0.1) is 22.9 Å². The Balaban J connectivity index is 1.55. The summed E-state index contributed by atoms with van der Waals surface area (Å²) >= 11 is 1.10. The van der Waals surface area contributed by atoms with E-state index in [0.29, 0.717) is 36.1 Å². The van der Waals surface area contributed by atoms with E-state index in [2.05, 4.69) is 10.3 Å². The first-order valence-electron chi connectivity index (χ1n) is 10.9. The average Bonchev–Trinajstić information content (AvgIpc) is 3.33. The lowest BCUT2D eigenvalue weighted by Crippen LogP contribution is -2.24. The molecule has 2 amide bonds. The summed E-state index contributed by atoms with van der Waals surface area (Å²) in [4.78, 5) is 30.3. The summed E-state index contributed by atoms with van der Waals surface area (Å²) in [6, 6.07) is 7.51. The quantitative estimate of drug-likeness (QED) is 0.549. The van der Waals surface area contributed by atoms with Crippen molar-refractivity contribution in [1.82, 2.24) is 9.88 Å². The zero-order chi connectivity index (χ0) is 24.6. The Labute approximate surface area is 200 Å². The molecular formula is C24H26F2N4O3S. The normalized spacial score (nSPS) is 18.7. The molecule has 10 heteroatoms. The van der Waals surface area contributed by atoms with E-state index >= 15 is 0 Å². The van der Waals surface area contributed by atoms with E-state index in [9.17, 15) is 23.5 Å². The third-order valence-electron chi connectivity index (χ3n) is 5.90. The lowest BCUT2D eigenvalue weighted by atomic mass is 9.94. The fraction of sp³-hybridized carbons (Fsp3) is 0.375. The maximum Gasteiger partial charge on any atom is 0.247 e. The Hall–Kier alpha value is -2.98. The van der Waals surface area contributed by atoms with Crippen molar-refractivity contribution in [3.63, 3.8) is 0 Å². The first-order valence-corrected chi connectivity index (χ1v) is 11.8. The van der Waals surface area contributed by atoms with Crippen molar-refractivity contribution >= 4 is 29.4 Å². The second-order valence-corrected chi connectivity index (χ2v) is 10.2. The molecular weight excluding hydrogens is 462 g/mol. The third kappa shape index (κ3) is 5.07. The number of rotatable bonds is 7. The molecule has 1 atom stereocenters. The van der Waals surface area contributed by atoms with Gasteiger partial charge in [-0.05, 0) is 56.5 Å². The number of likely N-dealkylation sites (tertiary alicyclic amines) is 1. The molecule has 1 unspecified atom stereocenters. The van der Waals surface area contributed by atoms with Crippen LogP contribution in [0.5, 0.6) is 0 Å². The van der Waals surface area contributed by atoms with Crippen LogP contribution >= 0.6 is 11.8 Å². The molecule has 0 radical (unpaired) electrons. The zero-order valence-electron chi connectivity index (χ0n) is 18.9. The van der Waals surface area contributed by atoms with E-state index in [-0.39, 0.29) is 29.0 Å². The molecule has 1 aromatic carbocycles. The number of aromatic nitrogens is 1. The van der Waals surface area contributed by atoms with Gasteiger partial charge in [0, 0.05) is 29.4 Å². The molecule has 0 bridgehead atoms. The van der Waals surface area contributed by atoms with Gasteiger partial charge in [0.1, 0.15) is 17.5 Å². The number of hydrogen-bond acceptors (Lipinski definition) is 6. The minimum absolute atomic E-state index is 0.0417. The van der Waals surface area contributed by atoms with E-state index in [1.165, 1.54) is 13.8 Å². The van der Waals surface area contributed by atoms with Crippen LogP contribution in [0.15, 0.2) is 40.9 Å². The molecule has 4 N–H and O–H groups in total. The maximum atomic E-state index is 14.9. The summed E-state index contributed by atoms with van der Waals surface area (Å²) in [6.45, 7) is 3.97. The summed E-state index contributed by atoms with van der Waals surface area (Å²) in [5.41, 5.74) is 5.00. The lowest BCUT2D eigenvalue weighted by Gasteiger charge is -2.20. The summed E-state index contributed by atoms with van der Waals surface area (Å²) in [7, 11) is 0. The second-order valence-electron chi connectivity index (χ2n) is 8.95. The lowest BCUT2D eigenvalue weighted by molar-refractivity contribution is -0.128. The number of aliphatic hydroxyl groups is 1. The number of carbonyl (C=O) groups is 2. The van der Waals surface area contributed by atoms with Crippen molar-refractivity contribution in [2.75, 3.05) is 11.9 Å². The molecule has 1 saturated heterocycles. The van der Waals surface area contributed by atoms with Gasteiger partial charge in [0.2, 0.25) is 11.8 Å². The number of halogens is 2. The Morgan fingerprint density at radius 3 is 2.62 bits per heavy atom. The van der Waals surface area contributed by atoms with E-state index in [4.69, 9.17) is 5.73 Å². The molecule has 2 aliphatic heterocycles. The van der Waals surface area contributed by atoms with Gasteiger partial charge in [-0.15, -0.1) is 0 Å². The van der Waals surface area contributed by atoms with E-state index < -0.39 is 28.4 Å². The number of thioether (sulfide) groups is 1. The average molecular weight is 489 g/mol.